The van der Waals surface area contributed by atoms with Gasteiger partial charge >= 0.3 is 0 Å². The fraction of sp³-hybridized carbons (Fsp3) is 0.632. The third-order valence-corrected chi connectivity index (χ3v) is 3.85. The molecule has 0 aromatic carbocycles. The van der Waals surface area contributed by atoms with Gasteiger partial charge < -0.3 is 4.74 Å². The van der Waals surface area contributed by atoms with Gasteiger partial charge in [0.25, 0.3) is 0 Å². The lowest BCUT2D eigenvalue weighted by Gasteiger charge is -2.07. The molecule has 128 valence electrons. The Morgan fingerprint density at radius 1 is 0.826 bits per heavy atom. The minimum absolute atomic E-state index is 0.229. The number of aldehydes is 2. The number of pyridine rings is 1. The fourth-order valence-corrected chi connectivity index (χ4v) is 2.53. The highest BCUT2D eigenvalue weighted by Crippen LogP contribution is 2.14. The number of carbonyl (C=O) groups is 2. The topological polar surface area (TPSA) is 56.3 Å². The van der Waals surface area contributed by atoms with E-state index in [1.54, 1.807) is 12.1 Å². The standard InChI is InChI=1S/C19H29NO3/c1-2-3-4-5-6-7-8-9-10-11-12-23-19-13-17(15-21)20-18(14-19)16-22/h13-16H,2-12H2,1H3. The predicted molar refractivity (Wildman–Crippen MR) is 92.4 cm³/mol. The SMILES string of the molecule is CCCCCCCCCCCCOc1cc(C=O)nc(C=O)c1. The molecule has 1 aromatic heterocycles. The average Bonchev–Trinajstić information content (AvgIpc) is 2.59. The highest BCUT2D eigenvalue weighted by atomic mass is 16.5. The molecule has 0 aliphatic carbocycles. The van der Waals surface area contributed by atoms with Crippen molar-refractivity contribution in [3.63, 3.8) is 0 Å². The van der Waals surface area contributed by atoms with Gasteiger partial charge in [0.05, 0.1) is 6.61 Å². The molecule has 0 atom stereocenters. The lowest BCUT2D eigenvalue weighted by Crippen LogP contribution is -2.01. The quantitative estimate of drug-likeness (QED) is 0.357. The molecule has 4 nitrogen and oxygen atoms in total. The number of unbranched alkanes of at least 4 members (excludes halogenated alkanes) is 9. The molecule has 0 fully saturated rings. The van der Waals surface area contributed by atoms with E-state index in [1.165, 1.54) is 51.4 Å². The maximum atomic E-state index is 10.8. The molecule has 1 aromatic rings. The molecule has 0 bridgehead atoms. The minimum Gasteiger partial charge on any atom is -0.493 e. The van der Waals surface area contributed by atoms with Gasteiger partial charge in [0.1, 0.15) is 17.1 Å². The maximum absolute atomic E-state index is 10.8. The Balaban J connectivity index is 2.07. The van der Waals surface area contributed by atoms with Crippen molar-refractivity contribution >= 4 is 12.6 Å². The molecule has 0 spiro atoms. The number of hydrogen-bond acceptors (Lipinski definition) is 4. The number of hydrogen-bond donors (Lipinski definition) is 0. The van der Waals surface area contributed by atoms with Crippen LogP contribution in [0.5, 0.6) is 5.75 Å². The van der Waals surface area contributed by atoms with Crippen LogP contribution < -0.4 is 4.74 Å². The minimum atomic E-state index is 0.229. The van der Waals surface area contributed by atoms with Crippen LogP contribution in [0.4, 0.5) is 0 Å². The van der Waals surface area contributed by atoms with E-state index in [2.05, 4.69) is 11.9 Å². The van der Waals surface area contributed by atoms with Crippen molar-refractivity contribution in [3.8, 4) is 5.75 Å². The van der Waals surface area contributed by atoms with Gasteiger partial charge in [-0.1, -0.05) is 64.7 Å². The van der Waals surface area contributed by atoms with Gasteiger partial charge in [-0.15, -0.1) is 0 Å². The summed E-state index contributed by atoms with van der Waals surface area (Å²) in [5, 5.41) is 0. The van der Waals surface area contributed by atoms with Crippen LogP contribution in [0.2, 0.25) is 0 Å². The maximum Gasteiger partial charge on any atom is 0.168 e. The molecule has 4 heteroatoms. The summed E-state index contributed by atoms with van der Waals surface area (Å²) in [7, 11) is 0. The summed E-state index contributed by atoms with van der Waals surface area (Å²) in [6, 6.07) is 3.13. The second kappa shape index (κ2) is 12.8. The Labute approximate surface area is 139 Å². The highest BCUT2D eigenvalue weighted by molar-refractivity contribution is 5.78. The van der Waals surface area contributed by atoms with Crippen LogP contribution >= 0.6 is 0 Å². The average molecular weight is 319 g/mol. The molecular formula is C19H29NO3. The first-order chi connectivity index (χ1) is 11.3. The van der Waals surface area contributed by atoms with Crippen LogP contribution in [-0.2, 0) is 0 Å². The van der Waals surface area contributed by atoms with E-state index >= 15 is 0 Å². The van der Waals surface area contributed by atoms with E-state index in [4.69, 9.17) is 4.74 Å². The first-order valence-electron chi connectivity index (χ1n) is 8.85. The van der Waals surface area contributed by atoms with E-state index < -0.39 is 0 Å². The molecule has 0 unspecified atom stereocenters. The van der Waals surface area contributed by atoms with E-state index in [0.717, 1.165) is 12.8 Å². The molecule has 23 heavy (non-hydrogen) atoms. The third-order valence-electron chi connectivity index (χ3n) is 3.85. The second-order valence-corrected chi connectivity index (χ2v) is 5.92. The molecule has 0 N–H and O–H groups in total. The van der Waals surface area contributed by atoms with E-state index in [9.17, 15) is 9.59 Å². The summed E-state index contributed by atoms with van der Waals surface area (Å²) in [5.41, 5.74) is 0.459. The van der Waals surface area contributed by atoms with Crippen LogP contribution in [0.3, 0.4) is 0 Å². The summed E-state index contributed by atoms with van der Waals surface area (Å²) >= 11 is 0. The van der Waals surface area contributed by atoms with Crippen LogP contribution in [0.1, 0.15) is 92.1 Å². The lowest BCUT2D eigenvalue weighted by atomic mass is 10.1. The first kappa shape index (κ1) is 19.3. The van der Waals surface area contributed by atoms with E-state index in [-0.39, 0.29) is 11.4 Å². The van der Waals surface area contributed by atoms with Gasteiger partial charge in [-0.2, -0.15) is 0 Å². The highest BCUT2D eigenvalue weighted by Gasteiger charge is 2.02. The van der Waals surface area contributed by atoms with Crippen LogP contribution in [0.15, 0.2) is 12.1 Å². The summed E-state index contributed by atoms with van der Waals surface area (Å²) in [4.78, 5) is 25.4. The Bertz CT molecular complexity index is 434. The van der Waals surface area contributed by atoms with Crippen molar-refractivity contribution in [3.05, 3.63) is 23.5 Å². The van der Waals surface area contributed by atoms with Gasteiger partial charge in [0.15, 0.2) is 12.6 Å². The Kier molecular flexibility index (Phi) is 10.8. The molecular weight excluding hydrogens is 290 g/mol. The van der Waals surface area contributed by atoms with Gasteiger partial charge in [-0.25, -0.2) is 4.98 Å². The van der Waals surface area contributed by atoms with Crippen molar-refractivity contribution in [2.45, 2.75) is 71.1 Å². The van der Waals surface area contributed by atoms with Crippen molar-refractivity contribution in [1.82, 2.24) is 4.98 Å². The Morgan fingerprint density at radius 2 is 1.30 bits per heavy atom. The first-order valence-corrected chi connectivity index (χ1v) is 8.85. The van der Waals surface area contributed by atoms with Crippen molar-refractivity contribution in [2.24, 2.45) is 0 Å². The molecule has 0 aliphatic rings. The smallest absolute Gasteiger partial charge is 0.168 e. The Morgan fingerprint density at radius 3 is 1.78 bits per heavy atom. The lowest BCUT2D eigenvalue weighted by molar-refractivity contribution is 0.111. The molecule has 1 rings (SSSR count). The second-order valence-electron chi connectivity index (χ2n) is 5.92. The summed E-state index contributed by atoms with van der Waals surface area (Å²) in [5.74, 6) is 0.542. The van der Waals surface area contributed by atoms with Gasteiger partial charge in [-0.05, 0) is 6.42 Å². The van der Waals surface area contributed by atoms with Crippen molar-refractivity contribution in [2.75, 3.05) is 6.61 Å². The van der Waals surface area contributed by atoms with Gasteiger partial charge in [-0.3, -0.25) is 9.59 Å². The zero-order chi connectivity index (χ0) is 16.8. The Hall–Kier alpha value is -1.71. The van der Waals surface area contributed by atoms with Crippen LogP contribution in [0.25, 0.3) is 0 Å². The van der Waals surface area contributed by atoms with Gasteiger partial charge in [0, 0.05) is 12.1 Å². The number of nitrogens with zero attached hydrogens (tertiary/aromatic N) is 1. The van der Waals surface area contributed by atoms with Gasteiger partial charge in [0.2, 0.25) is 0 Å². The molecule has 0 aliphatic heterocycles. The monoisotopic (exact) mass is 319 g/mol. The van der Waals surface area contributed by atoms with E-state index in [0.29, 0.717) is 24.9 Å². The van der Waals surface area contributed by atoms with Crippen LogP contribution in [-0.4, -0.2) is 24.2 Å². The van der Waals surface area contributed by atoms with Crippen molar-refractivity contribution < 1.29 is 14.3 Å². The largest absolute Gasteiger partial charge is 0.493 e. The predicted octanol–water partition coefficient (Wildman–Crippen LogP) is 5.01. The molecule has 1 heterocycles. The molecule has 0 saturated carbocycles. The van der Waals surface area contributed by atoms with Crippen molar-refractivity contribution in [1.29, 1.82) is 0 Å². The van der Waals surface area contributed by atoms with E-state index in [1.807, 2.05) is 0 Å². The number of ether oxygens (including phenoxy) is 1. The third kappa shape index (κ3) is 9.11. The molecule has 0 amide bonds. The number of carbonyl (C=O) groups excluding carboxylic acids is 2. The van der Waals surface area contributed by atoms with Crippen LogP contribution in [0, 0.1) is 0 Å². The molecule has 0 saturated heterocycles. The fourth-order valence-electron chi connectivity index (χ4n) is 2.53. The summed E-state index contributed by atoms with van der Waals surface area (Å²) in [6.07, 6.45) is 14.0. The number of rotatable bonds is 14. The zero-order valence-corrected chi connectivity index (χ0v) is 14.3. The number of aromatic nitrogens is 1. The summed E-state index contributed by atoms with van der Waals surface area (Å²) < 4.78 is 5.61. The zero-order valence-electron chi connectivity index (χ0n) is 14.3. The summed E-state index contributed by atoms with van der Waals surface area (Å²) in [6.45, 7) is 2.85. The normalized spacial score (nSPS) is 10.5. The molecule has 0 radical (unpaired) electrons.